The number of thioether (sulfide) groups is 1. The minimum absolute atomic E-state index is 0.104. The fraction of sp³-hybridized carbons (Fsp3) is 0.917. The second-order valence-electron chi connectivity index (χ2n) is 4.46. The largest absolute Gasteiger partial charge is 0.383 e. The Morgan fingerprint density at radius 1 is 1.47 bits per heavy atom. The highest BCUT2D eigenvalue weighted by molar-refractivity contribution is 7.99. The summed E-state index contributed by atoms with van der Waals surface area (Å²) in [5.74, 6) is 0.104. The van der Waals surface area contributed by atoms with Gasteiger partial charge in [0.2, 0.25) is 5.91 Å². The summed E-state index contributed by atoms with van der Waals surface area (Å²) in [5, 5.41) is 6.88. The van der Waals surface area contributed by atoms with Crippen LogP contribution < -0.4 is 10.6 Å². The Balaban J connectivity index is 2.12. The minimum atomic E-state index is 0.104. The molecule has 0 heterocycles. The highest BCUT2D eigenvalue weighted by atomic mass is 32.2. The van der Waals surface area contributed by atoms with Gasteiger partial charge in [-0.1, -0.05) is 6.42 Å². The van der Waals surface area contributed by atoms with Crippen LogP contribution in [0.25, 0.3) is 0 Å². The topological polar surface area (TPSA) is 50.4 Å². The van der Waals surface area contributed by atoms with Crippen LogP contribution in [0.1, 0.15) is 25.7 Å². The van der Waals surface area contributed by atoms with Crippen LogP contribution in [-0.2, 0) is 9.53 Å². The zero-order valence-corrected chi connectivity index (χ0v) is 11.6. The first kappa shape index (κ1) is 14.8. The summed E-state index contributed by atoms with van der Waals surface area (Å²) in [5.41, 5.74) is 0. The Hall–Kier alpha value is -0.260. The van der Waals surface area contributed by atoms with E-state index in [4.69, 9.17) is 4.74 Å². The second kappa shape index (κ2) is 8.78. The first-order chi connectivity index (χ1) is 8.26. The first-order valence-corrected chi connectivity index (χ1v) is 7.57. The lowest BCUT2D eigenvalue weighted by Gasteiger charge is -2.28. The predicted octanol–water partition coefficient (Wildman–Crippen LogP) is 1.01. The number of hydrogen-bond acceptors (Lipinski definition) is 4. The van der Waals surface area contributed by atoms with Crippen LogP contribution in [0.3, 0.4) is 0 Å². The third-order valence-corrected chi connectivity index (χ3v) is 4.19. The van der Waals surface area contributed by atoms with Crippen molar-refractivity contribution in [3.05, 3.63) is 0 Å². The van der Waals surface area contributed by atoms with Crippen LogP contribution in [0.15, 0.2) is 0 Å². The van der Waals surface area contributed by atoms with Gasteiger partial charge >= 0.3 is 0 Å². The van der Waals surface area contributed by atoms with E-state index in [1.807, 2.05) is 11.8 Å². The molecule has 0 spiro atoms. The average Bonchev–Trinajstić information content (AvgIpc) is 2.35. The molecule has 2 atom stereocenters. The van der Waals surface area contributed by atoms with Crippen molar-refractivity contribution in [2.75, 3.05) is 33.1 Å². The van der Waals surface area contributed by atoms with Gasteiger partial charge in [0.15, 0.2) is 0 Å². The highest BCUT2D eigenvalue weighted by Crippen LogP contribution is 2.26. The third-order valence-electron chi connectivity index (χ3n) is 3.09. The molecule has 1 rings (SSSR count). The van der Waals surface area contributed by atoms with Crippen molar-refractivity contribution in [3.63, 3.8) is 0 Å². The Morgan fingerprint density at radius 2 is 2.29 bits per heavy atom. The molecule has 0 saturated heterocycles. The van der Waals surface area contributed by atoms with Crippen LogP contribution in [0.2, 0.25) is 0 Å². The van der Waals surface area contributed by atoms with Crippen molar-refractivity contribution in [3.8, 4) is 0 Å². The van der Waals surface area contributed by atoms with E-state index in [-0.39, 0.29) is 5.91 Å². The molecule has 2 unspecified atom stereocenters. The summed E-state index contributed by atoms with van der Waals surface area (Å²) in [4.78, 5) is 11.6. The standard InChI is InChI=1S/C12H24N2O2S/c1-16-7-6-13-9-12(15)14-10-4-3-5-11(8-10)17-2/h10-11,13H,3-9H2,1-2H3,(H,14,15). The SMILES string of the molecule is COCCNCC(=O)NC1CCCC(SC)C1. The van der Waals surface area contributed by atoms with Crippen molar-refractivity contribution in [2.45, 2.75) is 37.0 Å². The van der Waals surface area contributed by atoms with Crippen LogP contribution in [0.4, 0.5) is 0 Å². The molecule has 0 radical (unpaired) electrons. The lowest BCUT2D eigenvalue weighted by atomic mass is 9.95. The summed E-state index contributed by atoms with van der Waals surface area (Å²) in [7, 11) is 1.66. The molecule has 0 aromatic heterocycles. The van der Waals surface area contributed by atoms with Crippen molar-refractivity contribution in [1.82, 2.24) is 10.6 Å². The van der Waals surface area contributed by atoms with E-state index < -0.39 is 0 Å². The average molecular weight is 260 g/mol. The number of carbonyl (C=O) groups excluding carboxylic acids is 1. The lowest BCUT2D eigenvalue weighted by Crippen LogP contribution is -2.43. The van der Waals surface area contributed by atoms with Gasteiger partial charge in [-0.2, -0.15) is 11.8 Å². The Bertz CT molecular complexity index is 227. The van der Waals surface area contributed by atoms with Gasteiger partial charge in [-0.15, -0.1) is 0 Å². The van der Waals surface area contributed by atoms with Gasteiger partial charge in [-0.3, -0.25) is 4.79 Å². The van der Waals surface area contributed by atoms with E-state index in [0.29, 0.717) is 19.2 Å². The van der Waals surface area contributed by atoms with E-state index >= 15 is 0 Å². The molecule has 1 aliphatic carbocycles. The maximum absolute atomic E-state index is 11.6. The summed E-state index contributed by atoms with van der Waals surface area (Å²) in [6, 6.07) is 0.373. The smallest absolute Gasteiger partial charge is 0.234 e. The molecule has 1 fully saturated rings. The number of carbonyl (C=O) groups is 1. The molecule has 0 aromatic carbocycles. The predicted molar refractivity (Wildman–Crippen MR) is 72.4 cm³/mol. The molecule has 100 valence electrons. The van der Waals surface area contributed by atoms with E-state index in [9.17, 15) is 4.79 Å². The van der Waals surface area contributed by atoms with Crippen molar-refractivity contribution in [1.29, 1.82) is 0 Å². The summed E-state index contributed by atoms with van der Waals surface area (Å²) < 4.78 is 4.91. The van der Waals surface area contributed by atoms with Gasteiger partial charge in [0.25, 0.3) is 0 Å². The van der Waals surface area contributed by atoms with Crippen LogP contribution in [0, 0.1) is 0 Å². The van der Waals surface area contributed by atoms with Crippen LogP contribution in [-0.4, -0.2) is 50.3 Å². The Labute approximate surface area is 108 Å². The normalized spacial score (nSPS) is 24.6. The van der Waals surface area contributed by atoms with E-state index in [1.54, 1.807) is 7.11 Å². The number of nitrogens with one attached hydrogen (secondary N) is 2. The third kappa shape index (κ3) is 6.29. The lowest BCUT2D eigenvalue weighted by molar-refractivity contribution is -0.121. The Morgan fingerprint density at radius 3 is 3.00 bits per heavy atom. The number of ether oxygens (including phenoxy) is 1. The van der Waals surface area contributed by atoms with E-state index in [0.717, 1.165) is 24.6 Å². The molecule has 1 amide bonds. The second-order valence-corrected chi connectivity index (χ2v) is 5.60. The zero-order chi connectivity index (χ0) is 12.5. The molecule has 5 heteroatoms. The van der Waals surface area contributed by atoms with Crippen LogP contribution >= 0.6 is 11.8 Å². The molecule has 1 saturated carbocycles. The number of hydrogen-bond donors (Lipinski definition) is 2. The molecule has 0 aromatic rings. The first-order valence-electron chi connectivity index (χ1n) is 6.28. The molecule has 1 aliphatic rings. The maximum atomic E-state index is 11.6. The van der Waals surface area contributed by atoms with Gasteiger partial charge in [-0.25, -0.2) is 0 Å². The minimum Gasteiger partial charge on any atom is -0.383 e. The van der Waals surface area contributed by atoms with Crippen molar-refractivity contribution < 1.29 is 9.53 Å². The zero-order valence-electron chi connectivity index (χ0n) is 10.8. The van der Waals surface area contributed by atoms with E-state index in [1.165, 1.54) is 12.8 Å². The summed E-state index contributed by atoms with van der Waals surface area (Å²) in [6.45, 7) is 1.76. The number of rotatable bonds is 7. The molecule has 0 bridgehead atoms. The van der Waals surface area contributed by atoms with Gasteiger partial charge in [0.05, 0.1) is 13.2 Å². The van der Waals surface area contributed by atoms with Crippen molar-refractivity contribution in [2.24, 2.45) is 0 Å². The van der Waals surface area contributed by atoms with Gasteiger partial charge in [-0.05, 0) is 25.5 Å². The molecule has 2 N–H and O–H groups in total. The van der Waals surface area contributed by atoms with Gasteiger partial charge < -0.3 is 15.4 Å². The number of amides is 1. The summed E-state index contributed by atoms with van der Waals surface area (Å²) in [6.07, 6.45) is 6.92. The van der Waals surface area contributed by atoms with Crippen molar-refractivity contribution >= 4 is 17.7 Å². The number of methoxy groups -OCH3 is 1. The van der Waals surface area contributed by atoms with Gasteiger partial charge in [0, 0.05) is 24.9 Å². The quantitative estimate of drug-likeness (QED) is 0.671. The molecular weight excluding hydrogens is 236 g/mol. The maximum Gasteiger partial charge on any atom is 0.234 e. The molecule has 17 heavy (non-hydrogen) atoms. The fourth-order valence-electron chi connectivity index (χ4n) is 2.14. The molecule has 0 aliphatic heterocycles. The molecular formula is C12H24N2O2S. The van der Waals surface area contributed by atoms with Crippen LogP contribution in [0.5, 0.6) is 0 Å². The monoisotopic (exact) mass is 260 g/mol. The summed E-state index contributed by atoms with van der Waals surface area (Å²) >= 11 is 1.92. The Kier molecular flexibility index (Phi) is 7.64. The van der Waals surface area contributed by atoms with E-state index in [2.05, 4.69) is 16.9 Å². The highest BCUT2D eigenvalue weighted by Gasteiger charge is 2.22. The fourth-order valence-corrected chi connectivity index (χ4v) is 2.97. The van der Waals surface area contributed by atoms with Gasteiger partial charge in [0.1, 0.15) is 0 Å². The molecule has 4 nitrogen and oxygen atoms in total.